The molecule has 133 heavy (non-hydrogen) atoms. The summed E-state index contributed by atoms with van der Waals surface area (Å²) < 4.78 is 23.8. The highest BCUT2D eigenvalue weighted by Gasteiger charge is 2.46. The van der Waals surface area contributed by atoms with E-state index in [2.05, 4.69) is 63.1 Å². The molecule has 3 saturated heterocycles. The van der Waals surface area contributed by atoms with Crippen LogP contribution in [0, 0.1) is 17.8 Å². The van der Waals surface area contributed by atoms with Crippen LogP contribution in [0.4, 0.5) is 0 Å². The number of aromatic amines is 2. The number of benzene rings is 3. The van der Waals surface area contributed by atoms with Crippen LogP contribution in [0.5, 0.6) is 5.75 Å². The molecule has 2 aromatic heterocycles. The van der Waals surface area contributed by atoms with Crippen LogP contribution in [0.15, 0.2) is 85.2 Å². The second-order valence-electron chi connectivity index (χ2n) is 35.6. The van der Waals surface area contributed by atoms with Gasteiger partial charge >= 0.3 is 0 Å². The molecule has 3 fully saturated rings. The Morgan fingerprint density at radius 2 is 1.13 bits per heavy atom. The van der Waals surface area contributed by atoms with Gasteiger partial charge in [0.15, 0.2) is 5.78 Å². The van der Waals surface area contributed by atoms with Crippen LogP contribution in [0.1, 0.15) is 162 Å². The van der Waals surface area contributed by atoms with Gasteiger partial charge in [-0.1, -0.05) is 123 Å². The number of thioether (sulfide) groups is 1. The highest BCUT2D eigenvalue weighted by Crippen LogP contribution is 2.30. The van der Waals surface area contributed by atoms with Crippen LogP contribution in [0.25, 0.3) is 21.8 Å². The Hall–Kier alpha value is -12.0. The van der Waals surface area contributed by atoms with Gasteiger partial charge in [0.05, 0.1) is 43.2 Å². The van der Waals surface area contributed by atoms with E-state index in [0.29, 0.717) is 64.2 Å². The molecule has 728 valence electrons. The number of aromatic hydroxyl groups is 1. The van der Waals surface area contributed by atoms with Crippen LogP contribution in [-0.2, 0) is 111 Å². The molecular weight excluding hydrogens is 1760 g/mol. The van der Waals surface area contributed by atoms with E-state index < -0.39 is 238 Å². The fourth-order valence-electron chi connectivity index (χ4n) is 16.7. The third kappa shape index (κ3) is 30.8. The number of aromatic nitrogens is 2. The minimum atomic E-state index is -3.53. The lowest BCUT2D eigenvalue weighted by Gasteiger charge is -2.36. The number of likely N-dealkylation sites (N-methyl/N-ethyl adjacent to an activating group) is 3. The second-order valence-corrected chi connectivity index (χ2v) is 38.9. The predicted molar refractivity (Wildman–Crippen MR) is 497 cm³/mol. The molecule has 16 N–H and O–H groups in total. The van der Waals surface area contributed by atoms with E-state index >= 15 is 33.6 Å². The summed E-state index contributed by atoms with van der Waals surface area (Å²) in [7, 11) is 0.483. The number of nitrogens with zero attached hydrogens (tertiary/aromatic N) is 5. The first-order valence-electron chi connectivity index (χ1n) is 45.5. The number of nitrogens with two attached hydrogens (primary N) is 1. The second kappa shape index (κ2) is 50.2. The van der Waals surface area contributed by atoms with Gasteiger partial charge in [0.25, 0.3) is 0 Å². The minimum absolute atomic E-state index is 0.00770. The number of rotatable bonds is 25. The van der Waals surface area contributed by atoms with Gasteiger partial charge in [0, 0.05) is 119 Å². The molecule has 39 nitrogen and oxygen atoms in total. The monoisotopic (exact) mass is 1890 g/mol. The molecule has 3 aliphatic rings. The zero-order valence-corrected chi connectivity index (χ0v) is 79.4. The van der Waals surface area contributed by atoms with Crippen molar-refractivity contribution in [2.75, 3.05) is 77.4 Å². The number of aliphatic hydroxyl groups excluding tert-OH is 1. The van der Waals surface area contributed by atoms with Crippen LogP contribution < -0.4 is 58.9 Å². The number of hydrogen-bond acceptors (Lipinski definition) is 22. The zero-order valence-electron chi connectivity index (χ0n) is 77.8. The summed E-state index contributed by atoms with van der Waals surface area (Å²) in [5.74, 6) is -17.8. The quantitative estimate of drug-likeness (QED) is 0.0382. The van der Waals surface area contributed by atoms with E-state index in [1.54, 1.807) is 71.3 Å². The molecule has 3 aromatic carbocycles. The van der Waals surface area contributed by atoms with Gasteiger partial charge in [-0.15, -0.1) is 11.8 Å². The summed E-state index contributed by atoms with van der Waals surface area (Å²) in [6.45, 7) is 11.4. The molecule has 16 amide bonds. The summed E-state index contributed by atoms with van der Waals surface area (Å²) in [6.07, 6.45) is 2.94. The van der Waals surface area contributed by atoms with E-state index in [1.807, 2.05) is 38.1 Å². The normalized spacial score (nSPS) is 24.7. The predicted octanol–water partition coefficient (Wildman–Crippen LogP) is 0.703. The SMILES string of the molecule is CCCC[C@H]1C(=O)N(C)[C@@H](CCCC)C(=O)N[C@@H](CC(C)C)C(=O)N[C@H](C(=O)NCC(=O)NCCS(C)(=O)=O)CSCC(=O)N[C@@H](Cc2ccc(O)cc2)C(=O)N(C)[C@@H](C)C(=O)N[C@@H](CC(N)=O)C(=O)N2CCC[C@H]2C(=O)N[C@@H](CC)C(=O)N[C@@H](CC(C)C)C(=O)N2C[C@H](O)C[C@H]2C(=O)C[C@@H](Cc2c[nH]c3ccccc23)C(=O)NCC(=O)NC(Cc2c[nH]c3ccccc23)C(=O)N1C. The van der Waals surface area contributed by atoms with E-state index in [1.165, 1.54) is 62.1 Å². The fraction of sp³-hybridized carbons (Fsp3) is 0.576. The zero-order chi connectivity index (χ0) is 97.8. The van der Waals surface area contributed by atoms with Crippen molar-refractivity contribution in [1.29, 1.82) is 0 Å². The standard InChI is InChI=1S/C92H132N18O21S2/c1-13-16-27-72-86(123)102-66(37-52(4)5)85(122)105-71(83(120)98-47-78(115)94-34-36-133(12,130)131)50-132-51-80(117)100-68(39-55-30-32-59(111)33-31-55)88(125)106(9)54(8)81(118)103-70(44-77(93)114)90(127)109-35-22-29-73(109)87(124)101-63(15-3)84(121)104-67(38-53(6)7)91(128)110-49-60(112)43-75(110)76(113)42-56(40-57-45-95-64-25-20-18-23-61(57)64)82(119)97-48-79(116)99-69(41-58-46-96-65-26-21-19-24-62(58)65)89(126)108(11)74(28-17-14-2)92(129)107(72)10/h18-21,23-26,30-33,45-46,52-54,56,60,63,66-75,95-96,111-112H,13-17,22,27-29,34-44,47-51H2,1-12H3,(H2,93,114)(H,94,115)(H,97,119)(H,98,120)(H,99,116)(H,100,117)(H,101,124)(H,102,123)(H,103,118)(H,104,121)(H,105,122)/t54-,56+,60+,63-,66-,67-,68-,69?,70-,71-,72-,73-,74-,75-/m0/s1. The number of primary amides is 1. The maximum atomic E-state index is 15.6. The molecule has 0 spiro atoms. The van der Waals surface area contributed by atoms with Crippen LogP contribution >= 0.6 is 11.8 Å². The van der Waals surface area contributed by atoms with Crippen molar-refractivity contribution < 1.29 is 100 Å². The van der Waals surface area contributed by atoms with Crippen LogP contribution in [0.3, 0.4) is 0 Å². The Labute approximate surface area is 779 Å². The molecular formula is C92H132N18O21S2. The number of aliphatic hydroxyl groups is 1. The maximum Gasteiger partial charge on any atom is 0.246 e. The number of ketones is 1. The summed E-state index contributed by atoms with van der Waals surface area (Å²) in [4.78, 5) is 262. The first kappa shape index (κ1) is 106. The van der Waals surface area contributed by atoms with Crippen molar-refractivity contribution in [2.24, 2.45) is 23.5 Å². The number of H-pyrrole nitrogens is 2. The molecule has 5 aromatic rings. The Bertz CT molecular complexity index is 5100. The molecule has 41 heteroatoms. The lowest BCUT2D eigenvalue weighted by Crippen LogP contribution is -2.60. The lowest BCUT2D eigenvalue weighted by atomic mass is 9.90. The van der Waals surface area contributed by atoms with Crippen molar-refractivity contribution in [3.8, 4) is 5.75 Å². The Morgan fingerprint density at radius 1 is 0.579 bits per heavy atom. The summed E-state index contributed by atoms with van der Waals surface area (Å²) in [6, 6.07) is 2.78. The van der Waals surface area contributed by atoms with Crippen molar-refractivity contribution in [2.45, 2.75) is 243 Å². The smallest absolute Gasteiger partial charge is 0.246 e. The highest BCUT2D eigenvalue weighted by molar-refractivity contribution is 8.00. The molecule has 0 radical (unpaired) electrons. The van der Waals surface area contributed by atoms with E-state index in [4.69, 9.17) is 5.73 Å². The highest BCUT2D eigenvalue weighted by atomic mass is 32.2. The Morgan fingerprint density at radius 3 is 1.74 bits per heavy atom. The summed E-state index contributed by atoms with van der Waals surface area (Å²) in [5, 5.41) is 49.5. The maximum absolute atomic E-state index is 15.6. The number of hydrogen-bond donors (Lipinski definition) is 15. The molecule has 3 aliphatic heterocycles. The molecule has 0 aliphatic carbocycles. The third-order valence-corrected chi connectivity index (χ3v) is 26.2. The van der Waals surface area contributed by atoms with Gasteiger partial charge < -0.3 is 104 Å². The number of para-hydroxylation sites is 2. The molecule has 0 bridgehead atoms. The lowest BCUT2D eigenvalue weighted by molar-refractivity contribution is -0.149. The van der Waals surface area contributed by atoms with Gasteiger partial charge in [-0.2, -0.15) is 0 Å². The number of carbonyl (C=O) groups is 17. The number of fused-ring (bicyclic) bond motifs is 4. The van der Waals surface area contributed by atoms with Gasteiger partial charge in [0.2, 0.25) is 94.5 Å². The number of carbonyl (C=O) groups excluding carboxylic acids is 17. The van der Waals surface area contributed by atoms with Gasteiger partial charge in [-0.25, -0.2) is 8.42 Å². The molecule has 8 rings (SSSR count). The van der Waals surface area contributed by atoms with Crippen LogP contribution in [0.2, 0.25) is 0 Å². The Kier molecular flexibility index (Phi) is 40.1. The minimum Gasteiger partial charge on any atom is -0.508 e. The van der Waals surface area contributed by atoms with Gasteiger partial charge in [0.1, 0.15) is 82.0 Å². The first-order chi connectivity index (χ1) is 63.0. The summed E-state index contributed by atoms with van der Waals surface area (Å²) in [5.41, 5.74) is 8.70. The number of phenolic OH excluding ortho intramolecular Hbond substituents is 1. The molecule has 1 unspecified atom stereocenters. The average Bonchev–Trinajstić information content (AvgIpc) is 1.66. The largest absolute Gasteiger partial charge is 0.508 e. The fourth-order valence-corrected chi connectivity index (χ4v) is 18.1. The van der Waals surface area contributed by atoms with Crippen molar-refractivity contribution in [3.63, 3.8) is 0 Å². The average molecular weight is 1890 g/mol. The third-order valence-electron chi connectivity index (χ3n) is 24.2. The van der Waals surface area contributed by atoms with E-state index in [0.717, 1.165) is 32.7 Å². The molecule has 0 saturated carbocycles. The van der Waals surface area contributed by atoms with Gasteiger partial charge in [-0.3, -0.25) is 81.5 Å². The number of nitrogens with one attached hydrogen (secondary N) is 12. The molecule has 14 atom stereocenters. The summed E-state index contributed by atoms with van der Waals surface area (Å²) >= 11 is 0.777. The van der Waals surface area contributed by atoms with Crippen molar-refractivity contribution >= 4 is 144 Å². The number of unbranched alkanes of at least 4 members (excludes halogenated alkanes) is 2. The first-order valence-corrected chi connectivity index (χ1v) is 48.7. The topological polar surface area (TPSA) is 559 Å². The van der Waals surface area contributed by atoms with Crippen molar-refractivity contribution in [3.05, 3.63) is 102 Å². The van der Waals surface area contributed by atoms with Crippen molar-refractivity contribution in [1.82, 2.24) is 87.6 Å². The number of phenols is 1. The van der Waals surface area contributed by atoms with E-state index in [-0.39, 0.29) is 108 Å². The number of Topliss-reactive ketones (excluding diaryl/α,β-unsaturated/α-hetero) is 1. The number of sulfone groups is 1. The molecule has 5 heterocycles. The van der Waals surface area contributed by atoms with E-state index in [9.17, 15) is 66.6 Å². The number of amides is 16. The van der Waals surface area contributed by atoms with Gasteiger partial charge in [-0.05, 0) is 111 Å². The van der Waals surface area contributed by atoms with Crippen LogP contribution in [-0.4, -0.2) is 309 Å². The Balaban J connectivity index is 1.17.